The Kier molecular flexibility index (Phi) is 6.74. The summed E-state index contributed by atoms with van der Waals surface area (Å²) in [4.78, 5) is 35.8. The minimum Gasteiger partial charge on any atom is -0.496 e. The summed E-state index contributed by atoms with van der Waals surface area (Å²) in [6.45, 7) is -0.524. The standard InChI is InChI=1S/C18H18N4O6/c1-27-15-6-4-3-5-13(15)21-18(24)17(14(23)10-20-19)12-8-7-11(22(25)26)9-16(12)28-2/h3-9,17,19H,10H2,1-2H3,(H,21,24). The first-order valence-corrected chi connectivity index (χ1v) is 8.05. The van der Waals surface area contributed by atoms with Gasteiger partial charge in [0.1, 0.15) is 24.0 Å². The van der Waals surface area contributed by atoms with Crippen molar-refractivity contribution in [3.8, 4) is 11.5 Å². The highest BCUT2D eigenvalue weighted by molar-refractivity contribution is 6.13. The average molecular weight is 386 g/mol. The number of nitro groups is 1. The maximum absolute atomic E-state index is 12.9. The number of carbonyl (C=O) groups excluding carboxylic acids is 2. The summed E-state index contributed by atoms with van der Waals surface area (Å²) in [5.41, 5.74) is 7.17. The number of ether oxygens (including phenoxy) is 2. The van der Waals surface area contributed by atoms with Gasteiger partial charge >= 0.3 is 0 Å². The minimum absolute atomic E-state index is 0.00714. The van der Waals surface area contributed by atoms with E-state index in [1.54, 1.807) is 24.3 Å². The smallest absolute Gasteiger partial charge is 0.273 e. The maximum atomic E-state index is 12.9. The van der Waals surface area contributed by atoms with Crippen LogP contribution in [-0.4, -0.2) is 37.4 Å². The van der Waals surface area contributed by atoms with Crippen LogP contribution in [0.2, 0.25) is 0 Å². The van der Waals surface area contributed by atoms with Crippen LogP contribution in [0.15, 0.2) is 47.6 Å². The second-order valence-electron chi connectivity index (χ2n) is 5.59. The van der Waals surface area contributed by atoms with Crippen LogP contribution in [-0.2, 0) is 9.59 Å². The van der Waals surface area contributed by atoms with E-state index in [0.717, 1.165) is 6.07 Å². The van der Waals surface area contributed by atoms with Crippen LogP contribution in [0.5, 0.6) is 11.5 Å². The number of non-ortho nitro benzene ring substituents is 1. The molecule has 1 atom stereocenters. The van der Waals surface area contributed by atoms with E-state index in [0.29, 0.717) is 11.4 Å². The van der Waals surface area contributed by atoms with E-state index < -0.39 is 29.1 Å². The first-order chi connectivity index (χ1) is 13.4. The van der Waals surface area contributed by atoms with Gasteiger partial charge in [0.05, 0.1) is 30.9 Å². The molecule has 0 fully saturated rings. The van der Waals surface area contributed by atoms with Gasteiger partial charge in [0.25, 0.3) is 5.69 Å². The summed E-state index contributed by atoms with van der Waals surface area (Å²) in [6, 6.07) is 10.2. The third kappa shape index (κ3) is 4.47. The Morgan fingerprint density at radius 1 is 1.18 bits per heavy atom. The summed E-state index contributed by atoms with van der Waals surface area (Å²) < 4.78 is 10.3. The molecule has 146 valence electrons. The molecular weight excluding hydrogens is 368 g/mol. The molecule has 0 aliphatic rings. The Labute approximate surface area is 160 Å². The summed E-state index contributed by atoms with van der Waals surface area (Å²) in [7, 11) is 2.71. The Morgan fingerprint density at radius 3 is 2.46 bits per heavy atom. The van der Waals surface area contributed by atoms with Crippen molar-refractivity contribution in [3.05, 3.63) is 58.1 Å². The van der Waals surface area contributed by atoms with Gasteiger partial charge in [-0.1, -0.05) is 12.1 Å². The zero-order valence-electron chi connectivity index (χ0n) is 15.2. The number of methoxy groups -OCH3 is 2. The Morgan fingerprint density at radius 2 is 1.86 bits per heavy atom. The van der Waals surface area contributed by atoms with E-state index in [1.165, 1.54) is 26.4 Å². The molecule has 28 heavy (non-hydrogen) atoms. The molecule has 0 aliphatic heterocycles. The van der Waals surface area contributed by atoms with Crippen molar-refractivity contribution in [1.82, 2.24) is 0 Å². The molecule has 2 rings (SSSR count). The molecular formula is C18H18N4O6. The van der Waals surface area contributed by atoms with Gasteiger partial charge in [0.15, 0.2) is 5.78 Å². The largest absolute Gasteiger partial charge is 0.496 e. The molecule has 0 bridgehead atoms. The number of anilines is 1. The Hall–Kier alpha value is -3.82. The van der Waals surface area contributed by atoms with Gasteiger partial charge in [-0.15, -0.1) is 0 Å². The number of amides is 1. The lowest BCUT2D eigenvalue weighted by Gasteiger charge is -2.18. The number of ketones is 1. The molecule has 1 amide bonds. The molecule has 0 spiro atoms. The number of hydrogen-bond donors (Lipinski definition) is 2. The van der Waals surface area contributed by atoms with Crippen molar-refractivity contribution in [3.63, 3.8) is 0 Å². The average Bonchev–Trinajstić information content (AvgIpc) is 2.68. The first-order valence-electron chi connectivity index (χ1n) is 8.05. The molecule has 2 N–H and O–H groups in total. The monoisotopic (exact) mass is 386 g/mol. The SMILES string of the molecule is COc1ccccc1NC(=O)C(C(=O)CN=N)c1ccc([N+](=O)[O-])cc1OC. The number of nitro benzene ring substituents is 1. The van der Waals surface area contributed by atoms with Crippen LogP contribution in [0, 0.1) is 15.6 Å². The number of nitrogens with one attached hydrogen (secondary N) is 2. The van der Waals surface area contributed by atoms with Crippen LogP contribution < -0.4 is 14.8 Å². The molecule has 2 aromatic rings. The molecule has 0 heterocycles. The van der Waals surface area contributed by atoms with Gasteiger partial charge in [-0.3, -0.25) is 19.7 Å². The summed E-state index contributed by atoms with van der Waals surface area (Å²) in [5.74, 6) is -2.34. The molecule has 2 aromatic carbocycles. The van der Waals surface area contributed by atoms with Crippen molar-refractivity contribution in [1.29, 1.82) is 5.53 Å². The van der Waals surface area contributed by atoms with Gasteiger partial charge in [-0.05, 0) is 18.2 Å². The third-order valence-corrected chi connectivity index (χ3v) is 3.92. The zero-order valence-corrected chi connectivity index (χ0v) is 15.2. The van der Waals surface area contributed by atoms with E-state index in [9.17, 15) is 19.7 Å². The van der Waals surface area contributed by atoms with Crippen LogP contribution in [0.25, 0.3) is 0 Å². The molecule has 0 aliphatic carbocycles. The van der Waals surface area contributed by atoms with Gasteiger partial charge in [-0.2, -0.15) is 5.11 Å². The predicted octanol–water partition coefficient (Wildman–Crippen LogP) is 2.93. The molecule has 0 saturated heterocycles. The van der Waals surface area contributed by atoms with E-state index in [4.69, 9.17) is 15.0 Å². The fraction of sp³-hybridized carbons (Fsp3) is 0.222. The minimum atomic E-state index is -1.38. The second kappa shape index (κ2) is 9.21. The second-order valence-corrected chi connectivity index (χ2v) is 5.59. The van der Waals surface area contributed by atoms with Crippen molar-refractivity contribution < 1.29 is 24.0 Å². The summed E-state index contributed by atoms with van der Waals surface area (Å²) in [6.07, 6.45) is 0. The van der Waals surface area contributed by atoms with E-state index >= 15 is 0 Å². The number of para-hydroxylation sites is 2. The van der Waals surface area contributed by atoms with E-state index in [2.05, 4.69) is 10.4 Å². The lowest BCUT2D eigenvalue weighted by atomic mass is 9.92. The number of benzene rings is 2. The van der Waals surface area contributed by atoms with Gasteiger partial charge in [0, 0.05) is 11.6 Å². The van der Waals surface area contributed by atoms with Crippen LogP contribution >= 0.6 is 0 Å². The lowest BCUT2D eigenvalue weighted by molar-refractivity contribution is -0.384. The maximum Gasteiger partial charge on any atom is 0.273 e. The molecule has 0 aromatic heterocycles. The highest BCUT2D eigenvalue weighted by atomic mass is 16.6. The fourth-order valence-electron chi connectivity index (χ4n) is 2.63. The highest BCUT2D eigenvalue weighted by Gasteiger charge is 2.32. The molecule has 0 saturated carbocycles. The molecule has 10 heteroatoms. The van der Waals surface area contributed by atoms with Gasteiger partial charge in [0.2, 0.25) is 5.91 Å². The van der Waals surface area contributed by atoms with Crippen molar-refractivity contribution in [2.24, 2.45) is 5.11 Å². The fourth-order valence-corrected chi connectivity index (χ4v) is 2.63. The topological polar surface area (TPSA) is 144 Å². The van der Waals surface area contributed by atoms with Gasteiger partial charge in [-0.25, -0.2) is 5.53 Å². The number of rotatable bonds is 9. The van der Waals surface area contributed by atoms with Crippen LogP contribution in [0.1, 0.15) is 11.5 Å². The number of Topliss-reactive ketones (excluding diaryl/α,β-unsaturated/α-hetero) is 1. The van der Waals surface area contributed by atoms with Crippen molar-refractivity contribution >= 4 is 23.1 Å². The van der Waals surface area contributed by atoms with Crippen LogP contribution in [0.3, 0.4) is 0 Å². The zero-order chi connectivity index (χ0) is 20.7. The predicted molar refractivity (Wildman–Crippen MR) is 99.0 cm³/mol. The van der Waals surface area contributed by atoms with Crippen LogP contribution in [0.4, 0.5) is 11.4 Å². The third-order valence-electron chi connectivity index (χ3n) is 3.92. The number of nitrogens with zero attached hydrogens (tertiary/aromatic N) is 2. The van der Waals surface area contributed by atoms with E-state index in [-0.39, 0.29) is 17.0 Å². The molecule has 1 unspecified atom stereocenters. The van der Waals surface area contributed by atoms with Gasteiger partial charge < -0.3 is 14.8 Å². The highest BCUT2D eigenvalue weighted by Crippen LogP contribution is 2.33. The number of hydrogen-bond acceptors (Lipinski definition) is 8. The Balaban J connectivity index is 2.48. The summed E-state index contributed by atoms with van der Waals surface area (Å²) in [5, 5.41) is 16.6. The normalized spacial score (nSPS) is 11.2. The summed E-state index contributed by atoms with van der Waals surface area (Å²) >= 11 is 0. The van der Waals surface area contributed by atoms with E-state index in [1.807, 2.05) is 0 Å². The lowest BCUT2D eigenvalue weighted by Crippen LogP contribution is -2.29. The number of carbonyl (C=O) groups is 2. The molecule has 10 nitrogen and oxygen atoms in total. The Bertz CT molecular complexity index is 915. The first kappa shape index (κ1) is 20.5. The van der Waals surface area contributed by atoms with Crippen molar-refractivity contribution in [2.75, 3.05) is 26.1 Å². The molecule has 0 radical (unpaired) electrons. The quantitative estimate of drug-likeness (QED) is 0.293. The van der Waals surface area contributed by atoms with Crippen molar-refractivity contribution in [2.45, 2.75) is 5.92 Å².